The Morgan fingerprint density at radius 2 is 1.88 bits per heavy atom. The van der Waals surface area contributed by atoms with Crippen LogP contribution < -0.4 is 9.47 Å². The van der Waals surface area contributed by atoms with Crippen molar-refractivity contribution in [1.29, 1.82) is 0 Å². The fourth-order valence-electron chi connectivity index (χ4n) is 3.94. The summed E-state index contributed by atoms with van der Waals surface area (Å²) < 4.78 is 11.3. The van der Waals surface area contributed by atoms with Crippen LogP contribution in [0.1, 0.15) is 39.0 Å². The number of nitro groups is 1. The first kappa shape index (κ1) is 21.3. The maximum absolute atomic E-state index is 12.9. The van der Waals surface area contributed by atoms with Gasteiger partial charge in [0.05, 0.1) is 12.0 Å². The second-order valence-corrected chi connectivity index (χ2v) is 7.72. The van der Waals surface area contributed by atoms with Gasteiger partial charge in [0.1, 0.15) is 18.1 Å². The number of carbonyl (C=O) groups excluding carboxylic acids is 1. The van der Waals surface area contributed by atoms with E-state index in [9.17, 15) is 14.9 Å². The minimum Gasteiger partial charge on any atom is -0.496 e. The van der Waals surface area contributed by atoms with Crippen molar-refractivity contribution in [3.05, 3.63) is 104 Å². The third-order valence-electron chi connectivity index (χ3n) is 5.62. The van der Waals surface area contributed by atoms with Crippen LogP contribution in [0.3, 0.4) is 0 Å². The lowest BCUT2D eigenvalue weighted by molar-refractivity contribution is -0.385. The normalized spacial score (nSPS) is 14.2. The number of fused-ring (bicyclic) bond motifs is 1. The number of methoxy groups -OCH3 is 1. The SMILES string of the molecule is COc1ccc(/C=C2/CCc3ccccc3C2=O)cc1COc1ccc([N+](=O)[O-])c(C)c1. The number of hydrogen-bond donors (Lipinski definition) is 0. The molecule has 0 atom stereocenters. The van der Waals surface area contributed by atoms with Crippen LogP contribution in [-0.4, -0.2) is 17.8 Å². The predicted octanol–water partition coefficient (Wildman–Crippen LogP) is 5.70. The van der Waals surface area contributed by atoms with Crippen LogP contribution >= 0.6 is 0 Å². The van der Waals surface area contributed by atoms with Gasteiger partial charge in [-0.3, -0.25) is 14.9 Å². The first-order valence-electron chi connectivity index (χ1n) is 10.3. The van der Waals surface area contributed by atoms with Gasteiger partial charge in [-0.25, -0.2) is 0 Å². The number of rotatable bonds is 6. The third-order valence-corrected chi connectivity index (χ3v) is 5.62. The van der Waals surface area contributed by atoms with Crippen LogP contribution in [0.2, 0.25) is 0 Å². The van der Waals surface area contributed by atoms with Crippen molar-refractivity contribution in [2.24, 2.45) is 0 Å². The predicted molar refractivity (Wildman–Crippen MR) is 122 cm³/mol. The Labute approximate surface area is 186 Å². The fraction of sp³-hybridized carbons (Fsp3) is 0.192. The van der Waals surface area contributed by atoms with Gasteiger partial charge < -0.3 is 9.47 Å². The first-order valence-corrected chi connectivity index (χ1v) is 10.3. The number of Topliss-reactive ketones (excluding diaryl/α,β-unsaturated/α-hetero) is 1. The van der Waals surface area contributed by atoms with Crippen molar-refractivity contribution in [3.63, 3.8) is 0 Å². The quantitative estimate of drug-likeness (QED) is 0.285. The molecule has 6 heteroatoms. The molecule has 0 fully saturated rings. The Balaban J connectivity index is 1.56. The molecule has 0 aromatic heterocycles. The van der Waals surface area contributed by atoms with Gasteiger partial charge in [0.25, 0.3) is 5.69 Å². The molecular formula is C26H23NO5. The summed E-state index contributed by atoms with van der Waals surface area (Å²) in [5.74, 6) is 1.28. The van der Waals surface area contributed by atoms with Gasteiger partial charge in [-0.2, -0.15) is 0 Å². The minimum absolute atomic E-state index is 0.0577. The van der Waals surface area contributed by atoms with Crippen molar-refractivity contribution < 1.29 is 19.2 Å². The van der Waals surface area contributed by atoms with E-state index in [0.717, 1.165) is 34.2 Å². The summed E-state index contributed by atoms with van der Waals surface area (Å²) in [6.45, 7) is 1.91. The number of carbonyl (C=O) groups is 1. The van der Waals surface area contributed by atoms with Crippen molar-refractivity contribution in [3.8, 4) is 11.5 Å². The van der Waals surface area contributed by atoms with Gasteiger partial charge in [0.2, 0.25) is 0 Å². The van der Waals surface area contributed by atoms with E-state index in [0.29, 0.717) is 23.5 Å². The second kappa shape index (κ2) is 9.06. The zero-order valence-corrected chi connectivity index (χ0v) is 18.0. The molecule has 0 aliphatic heterocycles. The number of nitrogens with zero attached hydrogens (tertiary/aromatic N) is 1. The topological polar surface area (TPSA) is 78.7 Å². The highest BCUT2D eigenvalue weighted by Crippen LogP contribution is 2.29. The molecule has 6 nitrogen and oxygen atoms in total. The summed E-state index contributed by atoms with van der Waals surface area (Å²) >= 11 is 0. The van der Waals surface area contributed by atoms with Gasteiger partial charge in [-0.05, 0) is 61.2 Å². The lowest BCUT2D eigenvalue weighted by atomic mass is 9.86. The van der Waals surface area contributed by atoms with Crippen molar-refractivity contribution in [1.82, 2.24) is 0 Å². The van der Waals surface area contributed by atoms with Gasteiger partial charge in [-0.15, -0.1) is 0 Å². The van der Waals surface area contributed by atoms with Crippen LogP contribution in [0, 0.1) is 17.0 Å². The molecule has 0 saturated heterocycles. The summed E-state index contributed by atoms with van der Waals surface area (Å²) in [7, 11) is 1.59. The fourth-order valence-corrected chi connectivity index (χ4v) is 3.94. The molecule has 162 valence electrons. The molecule has 32 heavy (non-hydrogen) atoms. The second-order valence-electron chi connectivity index (χ2n) is 7.72. The third kappa shape index (κ3) is 4.39. The summed E-state index contributed by atoms with van der Waals surface area (Å²) in [6, 6.07) is 18.1. The van der Waals surface area contributed by atoms with E-state index < -0.39 is 4.92 Å². The molecule has 0 spiro atoms. The van der Waals surface area contributed by atoms with Crippen molar-refractivity contribution >= 4 is 17.5 Å². The van der Waals surface area contributed by atoms with Gasteiger partial charge >= 0.3 is 0 Å². The lowest BCUT2D eigenvalue weighted by Crippen LogP contribution is -2.13. The highest BCUT2D eigenvalue weighted by molar-refractivity contribution is 6.13. The Hall–Kier alpha value is -3.93. The first-order chi connectivity index (χ1) is 15.5. The number of allylic oxidation sites excluding steroid dienone is 1. The maximum atomic E-state index is 12.9. The molecule has 0 unspecified atom stereocenters. The smallest absolute Gasteiger partial charge is 0.272 e. The van der Waals surface area contributed by atoms with Crippen molar-refractivity contribution in [2.45, 2.75) is 26.4 Å². The van der Waals surface area contributed by atoms with E-state index in [-0.39, 0.29) is 18.1 Å². The van der Waals surface area contributed by atoms with E-state index in [4.69, 9.17) is 9.47 Å². The highest BCUT2D eigenvalue weighted by atomic mass is 16.6. The standard InChI is InChI=1S/C26H23NO5/c1-17-13-22(10-11-24(17)27(29)30)32-16-21-15-18(7-12-25(21)31-2)14-20-9-8-19-5-3-4-6-23(19)26(20)28/h3-7,10-15H,8-9,16H2,1-2H3/b20-14-. The van der Waals surface area contributed by atoms with Crippen LogP contribution in [0.5, 0.6) is 11.5 Å². The van der Waals surface area contributed by atoms with Crippen molar-refractivity contribution in [2.75, 3.05) is 7.11 Å². The molecule has 1 aliphatic rings. The number of nitro benzene ring substituents is 1. The van der Waals surface area contributed by atoms with Crippen LogP contribution in [0.4, 0.5) is 5.69 Å². The van der Waals surface area contributed by atoms with Crippen LogP contribution in [0.15, 0.2) is 66.2 Å². The number of aryl methyl sites for hydroxylation is 2. The molecule has 3 aromatic carbocycles. The van der Waals surface area contributed by atoms with Crippen LogP contribution in [0.25, 0.3) is 6.08 Å². The number of ketones is 1. The molecular weight excluding hydrogens is 406 g/mol. The van der Waals surface area contributed by atoms with E-state index >= 15 is 0 Å². The molecule has 0 N–H and O–H groups in total. The zero-order chi connectivity index (χ0) is 22.7. The summed E-state index contributed by atoms with van der Waals surface area (Å²) in [4.78, 5) is 23.5. The summed E-state index contributed by atoms with van der Waals surface area (Å²) in [5.41, 5.74) is 4.96. The molecule has 4 rings (SSSR count). The van der Waals surface area contributed by atoms with Gasteiger partial charge in [0.15, 0.2) is 5.78 Å². The highest BCUT2D eigenvalue weighted by Gasteiger charge is 2.21. The average Bonchev–Trinajstić information content (AvgIpc) is 2.79. The van der Waals surface area contributed by atoms with E-state index in [1.807, 2.05) is 48.5 Å². The molecule has 0 heterocycles. The lowest BCUT2D eigenvalue weighted by Gasteiger charge is -2.17. The minimum atomic E-state index is -0.413. The largest absolute Gasteiger partial charge is 0.496 e. The van der Waals surface area contributed by atoms with E-state index in [1.54, 1.807) is 26.2 Å². The van der Waals surface area contributed by atoms with E-state index in [2.05, 4.69) is 0 Å². The molecule has 0 saturated carbocycles. The molecule has 0 bridgehead atoms. The Kier molecular flexibility index (Phi) is 6.03. The molecule has 0 radical (unpaired) electrons. The molecule has 3 aromatic rings. The molecule has 1 aliphatic carbocycles. The number of hydrogen-bond acceptors (Lipinski definition) is 5. The summed E-state index contributed by atoms with van der Waals surface area (Å²) in [5, 5.41) is 11.0. The van der Waals surface area contributed by atoms with Crippen LogP contribution in [-0.2, 0) is 13.0 Å². The summed E-state index contributed by atoms with van der Waals surface area (Å²) in [6.07, 6.45) is 3.48. The Morgan fingerprint density at radius 3 is 2.62 bits per heavy atom. The van der Waals surface area contributed by atoms with Gasteiger partial charge in [-0.1, -0.05) is 30.3 Å². The zero-order valence-electron chi connectivity index (χ0n) is 18.0. The Bertz CT molecular complexity index is 1230. The molecule has 0 amide bonds. The number of ether oxygens (including phenoxy) is 2. The monoisotopic (exact) mass is 429 g/mol. The van der Waals surface area contributed by atoms with E-state index in [1.165, 1.54) is 6.07 Å². The Morgan fingerprint density at radius 1 is 1.06 bits per heavy atom. The van der Waals surface area contributed by atoms with Gasteiger partial charge in [0, 0.05) is 28.3 Å². The maximum Gasteiger partial charge on any atom is 0.272 e. The number of benzene rings is 3. The average molecular weight is 429 g/mol.